The van der Waals surface area contributed by atoms with Gasteiger partial charge in [0.05, 0.1) is 5.75 Å². The second-order valence-corrected chi connectivity index (χ2v) is 7.15. The normalized spacial score (nSPS) is 16.6. The van der Waals surface area contributed by atoms with Crippen molar-refractivity contribution < 1.29 is 18.3 Å². The lowest BCUT2D eigenvalue weighted by Crippen LogP contribution is -2.44. The first-order valence-corrected chi connectivity index (χ1v) is 9.72. The number of benzene rings is 1. The maximum absolute atomic E-state index is 13.7. The van der Waals surface area contributed by atoms with Crippen molar-refractivity contribution in [1.29, 1.82) is 0 Å². The highest BCUT2D eigenvalue weighted by Crippen LogP contribution is 2.34. The molecule has 3 rings (SSSR count). The fourth-order valence-corrected chi connectivity index (χ4v) is 3.64. The van der Waals surface area contributed by atoms with E-state index in [1.807, 2.05) is 18.4 Å². The van der Waals surface area contributed by atoms with Gasteiger partial charge in [-0.1, -0.05) is 12.1 Å². The summed E-state index contributed by atoms with van der Waals surface area (Å²) in [6.07, 6.45) is 3.47. The van der Waals surface area contributed by atoms with Crippen LogP contribution in [0.25, 0.3) is 0 Å². The van der Waals surface area contributed by atoms with Crippen LogP contribution in [0.4, 0.5) is 4.39 Å². The van der Waals surface area contributed by atoms with Crippen molar-refractivity contribution in [3.05, 3.63) is 59.3 Å². The van der Waals surface area contributed by atoms with Gasteiger partial charge in [0.15, 0.2) is 5.76 Å². The minimum Gasteiger partial charge on any atom is -0.455 e. The van der Waals surface area contributed by atoms with Crippen molar-refractivity contribution >= 4 is 17.7 Å². The highest BCUT2D eigenvalue weighted by atomic mass is 32.2. The average molecular weight is 363 g/mol. The van der Waals surface area contributed by atoms with Crippen LogP contribution >= 0.6 is 11.8 Å². The second-order valence-electron chi connectivity index (χ2n) is 6.28. The highest BCUT2D eigenvalue weighted by Gasteiger charge is 2.35. The van der Waals surface area contributed by atoms with Gasteiger partial charge in [-0.25, -0.2) is 4.39 Å². The Kier molecular flexibility index (Phi) is 5.81. The molecule has 1 saturated heterocycles. The molecule has 25 heavy (non-hydrogen) atoms. The third kappa shape index (κ3) is 4.25. The summed E-state index contributed by atoms with van der Waals surface area (Å²) in [6.45, 7) is 1.63. The van der Waals surface area contributed by atoms with E-state index in [0.29, 0.717) is 25.5 Å². The van der Waals surface area contributed by atoms with Crippen LogP contribution in [-0.2, 0) is 15.9 Å². The zero-order valence-electron chi connectivity index (χ0n) is 14.2. The molecular weight excluding hydrogens is 341 g/mol. The second kappa shape index (κ2) is 8.06. The lowest BCUT2D eigenvalue weighted by atomic mass is 9.74. The van der Waals surface area contributed by atoms with E-state index in [1.165, 1.54) is 6.07 Å². The Morgan fingerprint density at radius 1 is 1.28 bits per heavy atom. The van der Waals surface area contributed by atoms with E-state index in [1.54, 1.807) is 30.0 Å². The predicted molar refractivity (Wildman–Crippen MR) is 96.4 cm³/mol. The van der Waals surface area contributed by atoms with E-state index in [9.17, 15) is 9.18 Å². The molecule has 1 aromatic heterocycles. The van der Waals surface area contributed by atoms with Crippen LogP contribution in [0.15, 0.2) is 40.8 Å². The average Bonchev–Trinajstić information content (AvgIpc) is 3.10. The molecule has 1 N–H and O–H groups in total. The largest absolute Gasteiger partial charge is 0.455 e. The van der Waals surface area contributed by atoms with Crippen molar-refractivity contribution in [2.75, 3.05) is 26.0 Å². The first-order valence-electron chi connectivity index (χ1n) is 8.33. The molecule has 0 aliphatic carbocycles. The fourth-order valence-electron chi connectivity index (χ4n) is 3.20. The Hall–Kier alpha value is -1.79. The van der Waals surface area contributed by atoms with Crippen molar-refractivity contribution in [3.63, 3.8) is 0 Å². The number of amides is 1. The fraction of sp³-hybridized carbons (Fsp3) is 0.421. The van der Waals surface area contributed by atoms with E-state index >= 15 is 0 Å². The minimum atomic E-state index is -0.315. The SMILES string of the molecule is CSCc1ccc(C(=O)NCC2(c3cccc(F)c3)CCOCC2)o1. The lowest BCUT2D eigenvalue weighted by Gasteiger charge is -2.37. The van der Waals surface area contributed by atoms with E-state index in [4.69, 9.17) is 9.15 Å². The van der Waals surface area contributed by atoms with Gasteiger partial charge in [-0.2, -0.15) is 11.8 Å². The molecule has 1 amide bonds. The molecule has 0 bridgehead atoms. The summed E-state index contributed by atoms with van der Waals surface area (Å²) in [4.78, 5) is 12.4. The summed E-state index contributed by atoms with van der Waals surface area (Å²) in [5, 5.41) is 2.97. The Balaban J connectivity index is 1.73. The molecular formula is C19H22FNO3S. The minimum absolute atomic E-state index is 0.241. The molecule has 0 radical (unpaired) electrons. The van der Waals surface area contributed by atoms with Crippen molar-refractivity contribution in [3.8, 4) is 0 Å². The molecule has 0 saturated carbocycles. The molecule has 2 heterocycles. The third-order valence-corrected chi connectivity index (χ3v) is 5.22. The van der Waals surface area contributed by atoms with Crippen molar-refractivity contribution in [1.82, 2.24) is 5.32 Å². The quantitative estimate of drug-likeness (QED) is 0.849. The summed E-state index contributed by atoms with van der Waals surface area (Å²) >= 11 is 1.64. The maximum Gasteiger partial charge on any atom is 0.287 e. The number of halogens is 1. The van der Waals surface area contributed by atoms with Crippen LogP contribution in [0.2, 0.25) is 0 Å². The predicted octanol–water partition coefficient (Wildman–Crippen LogP) is 3.76. The van der Waals surface area contributed by atoms with Crippen LogP contribution in [0.5, 0.6) is 0 Å². The molecule has 0 spiro atoms. The Bertz CT molecular complexity index is 725. The number of hydrogen-bond acceptors (Lipinski definition) is 4. The summed E-state index contributed by atoms with van der Waals surface area (Å²) in [5.74, 6) is 1.32. The van der Waals surface area contributed by atoms with Crippen molar-refractivity contribution in [2.45, 2.75) is 24.0 Å². The molecule has 1 fully saturated rings. The van der Waals surface area contributed by atoms with Gasteiger partial charge in [-0.05, 0) is 48.9 Å². The Labute approximate surface area is 151 Å². The number of thioether (sulfide) groups is 1. The highest BCUT2D eigenvalue weighted by molar-refractivity contribution is 7.97. The Morgan fingerprint density at radius 3 is 2.80 bits per heavy atom. The summed E-state index contributed by atoms with van der Waals surface area (Å²) in [6, 6.07) is 10.1. The summed E-state index contributed by atoms with van der Waals surface area (Å²) < 4.78 is 24.7. The maximum atomic E-state index is 13.7. The lowest BCUT2D eigenvalue weighted by molar-refractivity contribution is 0.0483. The first kappa shape index (κ1) is 18.0. The third-order valence-electron chi connectivity index (χ3n) is 4.65. The molecule has 1 aliphatic heterocycles. The number of ether oxygens (including phenoxy) is 1. The van der Waals surface area contributed by atoms with Gasteiger partial charge in [-0.15, -0.1) is 0 Å². The van der Waals surface area contributed by atoms with Gasteiger partial charge in [0.2, 0.25) is 0 Å². The number of hydrogen-bond donors (Lipinski definition) is 1. The van der Waals surface area contributed by atoms with Crippen molar-refractivity contribution in [2.24, 2.45) is 0 Å². The van der Waals surface area contributed by atoms with Crippen LogP contribution in [0.1, 0.15) is 34.7 Å². The number of furan rings is 1. The summed E-state index contributed by atoms with van der Waals surface area (Å²) in [7, 11) is 0. The molecule has 0 unspecified atom stereocenters. The van der Waals surface area contributed by atoms with Gasteiger partial charge in [0.25, 0.3) is 5.91 Å². The zero-order valence-corrected chi connectivity index (χ0v) is 15.0. The van der Waals surface area contributed by atoms with Crippen LogP contribution in [-0.4, -0.2) is 31.9 Å². The molecule has 4 nitrogen and oxygen atoms in total. The van der Waals surface area contributed by atoms with Gasteiger partial charge < -0.3 is 14.5 Å². The molecule has 2 aromatic rings. The molecule has 6 heteroatoms. The van der Waals surface area contributed by atoms with Gasteiger partial charge in [-0.3, -0.25) is 4.79 Å². The smallest absolute Gasteiger partial charge is 0.287 e. The first-order chi connectivity index (χ1) is 12.1. The van der Waals surface area contributed by atoms with Gasteiger partial charge in [0, 0.05) is 25.2 Å². The number of rotatable bonds is 6. The molecule has 1 aromatic carbocycles. The number of carbonyl (C=O) groups excluding carboxylic acids is 1. The zero-order chi connectivity index (χ0) is 17.7. The van der Waals surface area contributed by atoms with Gasteiger partial charge >= 0.3 is 0 Å². The Morgan fingerprint density at radius 2 is 2.08 bits per heavy atom. The van der Waals surface area contributed by atoms with E-state index < -0.39 is 0 Å². The van der Waals surface area contributed by atoms with E-state index in [0.717, 1.165) is 29.9 Å². The van der Waals surface area contributed by atoms with Crippen LogP contribution in [0.3, 0.4) is 0 Å². The van der Waals surface area contributed by atoms with Crippen LogP contribution < -0.4 is 5.32 Å². The number of nitrogens with one attached hydrogen (secondary N) is 1. The molecule has 134 valence electrons. The standard InChI is InChI=1S/C19H22FNO3S/c1-25-12-16-5-6-17(24-16)18(22)21-13-19(7-9-23-10-8-19)14-3-2-4-15(20)11-14/h2-6,11H,7-10,12-13H2,1H3,(H,21,22). The van der Waals surface area contributed by atoms with E-state index in [2.05, 4.69) is 5.32 Å². The van der Waals surface area contributed by atoms with Crippen LogP contribution in [0, 0.1) is 5.82 Å². The number of carbonyl (C=O) groups is 1. The van der Waals surface area contributed by atoms with E-state index in [-0.39, 0.29) is 17.1 Å². The molecule has 0 atom stereocenters. The van der Waals surface area contributed by atoms with Gasteiger partial charge in [0.1, 0.15) is 11.6 Å². The summed E-state index contributed by atoms with van der Waals surface area (Å²) in [5.41, 5.74) is 0.587. The monoisotopic (exact) mass is 363 g/mol. The topological polar surface area (TPSA) is 51.5 Å². The molecule has 1 aliphatic rings.